The summed E-state index contributed by atoms with van der Waals surface area (Å²) in [6.07, 6.45) is 3.19. The van der Waals surface area contributed by atoms with Crippen molar-refractivity contribution >= 4 is 5.97 Å². The van der Waals surface area contributed by atoms with Crippen molar-refractivity contribution in [2.45, 2.75) is 6.92 Å². The Bertz CT molecular complexity index is 462. The Morgan fingerprint density at radius 1 is 1.33 bits per heavy atom. The zero-order valence-electron chi connectivity index (χ0n) is 8.25. The Balaban J connectivity index is 2.37. The second-order valence-electron chi connectivity index (χ2n) is 3.03. The Kier molecular flexibility index (Phi) is 2.49. The van der Waals surface area contributed by atoms with Gasteiger partial charge in [0.1, 0.15) is 0 Å². The van der Waals surface area contributed by atoms with Crippen molar-refractivity contribution in [1.29, 1.82) is 0 Å². The highest BCUT2D eigenvalue weighted by atomic mass is 16.7. The highest BCUT2D eigenvalue weighted by Gasteiger charge is 2.07. The fourth-order valence-electron chi connectivity index (χ4n) is 1.29. The van der Waals surface area contributed by atoms with Crippen LogP contribution < -0.4 is 4.84 Å². The number of imidazole rings is 1. The second-order valence-corrected chi connectivity index (χ2v) is 3.03. The SMILES string of the molecule is CC(=O)On1ccnc1-c1ccccc1. The lowest BCUT2D eigenvalue weighted by Crippen LogP contribution is -2.16. The first-order chi connectivity index (χ1) is 7.27. The zero-order chi connectivity index (χ0) is 10.7. The van der Waals surface area contributed by atoms with E-state index in [1.54, 1.807) is 12.4 Å². The van der Waals surface area contributed by atoms with Crippen LogP contribution in [0.1, 0.15) is 6.92 Å². The number of benzene rings is 1. The largest absolute Gasteiger partial charge is 0.335 e. The fourth-order valence-corrected chi connectivity index (χ4v) is 1.29. The molecule has 2 rings (SSSR count). The molecule has 76 valence electrons. The third-order valence-electron chi connectivity index (χ3n) is 1.87. The molecule has 1 aromatic heterocycles. The van der Waals surface area contributed by atoms with Crippen molar-refractivity contribution < 1.29 is 9.63 Å². The number of carbonyl (C=O) groups excluding carboxylic acids is 1. The Labute approximate surface area is 87.1 Å². The number of nitrogens with zero attached hydrogens (tertiary/aromatic N) is 2. The average Bonchev–Trinajstić information content (AvgIpc) is 2.66. The van der Waals surface area contributed by atoms with Crippen LogP contribution >= 0.6 is 0 Å². The molecule has 0 aliphatic rings. The van der Waals surface area contributed by atoms with Gasteiger partial charge in [0.2, 0.25) is 0 Å². The summed E-state index contributed by atoms with van der Waals surface area (Å²) in [5.41, 5.74) is 0.906. The standard InChI is InChI=1S/C11H10N2O2/c1-9(14)15-13-8-7-12-11(13)10-5-3-2-4-6-10/h2-8H,1H3. The van der Waals surface area contributed by atoms with E-state index in [1.165, 1.54) is 11.7 Å². The van der Waals surface area contributed by atoms with Gasteiger partial charge in [0.15, 0.2) is 5.82 Å². The van der Waals surface area contributed by atoms with Gasteiger partial charge in [0.25, 0.3) is 0 Å². The van der Waals surface area contributed by atoms with Crippen LogP contribution in [-0.4, -0.2) is 15.7 Å². The van der Waals surface area contributed by atoms with E-state index in [4.69, 9.17) is 4.84 Å². The molecule has 0 aliphatic carbocycles. The van der Waals surface area contributed by atoms with E-state index in [1.807, 2.05) is 30.3 Å². The number of aromatic nitrogens is 2. The molecule has 0 bridgehead atoms. The monoisotopic (exact) mass is 202 g/mol. The predicted molar refractivity (Wildman–Crippen MR) is 54.9 cm³/mol. The van der Waals surface area contributed by atoms with Crippen LogP contribution in [-0.2, 0) is 4.79 Å². The number of hydrogen-bond acceptors (Lipinski definition) is 3. The normalized spacial score (nSPS) is 9.93. The van der Waals surface area contributed by atoms with E-state index in [-0.39, 0.29) is 5.97 Å². The minimum atomic E-state index is -0.370. The summed E-state index contributed by atoms with van der Waals surface area (Å²) in [5.74, 6) is 0.246. The van der Waals surface area contributed by atoms with Crippen molar-refractivity contribution in [2.75, 3.05) is 0 Å². The molecule has 4 heteroatoms. The van der Waals surface area contributed by atoms with Gasteiger partial charge in [0.05, 0.1) is 6.20 Å². The number of hydrogen-bond donors (Lipinski definition) is 0. The molecule has 0 saturated carbocycles. The number of rotatable bonds is 2. The van der Waals surface area contributed by atoms with Crippen LogP contribution in [0.5, 0.6) is 0 Å². The van der Waals surface area contributed by atoms with Crippen molar-refractivity contribution in [3.05, 3.63) is 42.7 Å². The Morgan fingerprint density at radius 2 is 2.07 bits per heavy atom. The van der Waals surface area contributed by atoms with Gasteiger partial charge in [-0.15, -0.1) is 0 Å². The molecule has 0 saturated heterocycles. The van der Waals surface area contributed by atoms with Gasteiger partial charge in [0, 0.05) is 18.7 Å². The van der Waals surface area contributed by atoms with Crippen LogP contribution in [0.2, 0.25) is 0 Å². The molecule has 2 aromatic rings. The average molecular weight is 202 g/mol. The molecule has 0 spiro atoms. The van der Waals surface area contributed by atoms with E-state index in [2.05, 4.69) is 4.98 Å². The smallest absolute Gasteiger partial charge is 0.329 e. The van der Waals surface area contributed by atoms with E-state index < -0.39 is 0 Å². The van der Waals surface area contributed by atoms with Gasteiger partial charge < -0.3 is 4.84 Å². The summed E-state index contributed by atoms with van der Waals surface area (Å²) >= 11 is 0. The minimum absolute atomic E-state index is 0.370. The first kappa shape index (κ1) is 9.45. The highest BCUT2D eigenvalue weighted by Crippen LogP contribution is 2.15. The van der Waals surface area contributed by atoms with Crippen LogP contribution in [0.15, 0.2) is 42.7 Å². The minimum Gasteiger partial charge on any atom is -0.335 e. The molecule has 0 amide bonds. The third kappa shape index (κ3) is 2.04. The molecule has 15 heavy (non-hydrogen) atoms. The van der Waals surface area contributed by atoms with Crippen LogP contribution in [0.25, 0.3) is 11.4 Å². The molecular formula is C11H10N2O2. The highest BCUT2D eigenvalue weighted by molar-refractivity contribution is 5.67. The maximum atomic E-state index is 10.8. The van der Waals surface area contributed by atoms with E-state index >= 15 is 0 Å². The van der Waals surface area contributed by atoms with Crippen molar-refractivity contribution in [1.82, 2.24) is 9.71 Å². The van der Waals surface area contributed by atoms with E-state index in [9.17, 15) is 4.79 Å². The first-order valence-electron chi connectivity index (χ1n) is 4.55. The van der Waals surface area contributed by atoms with Crippen LogP contribution in [0, 0.1) is 0 Å². The molecule has 0 atom stereocenters. The summed E-state index contributed by atoms with van der Waals surface area (Å²) in [5, 5.41) is 0. The molecule has 0 radical (unpaired) electrons. The van der Waals surface area contributed by atoms with Gasteiger partial charge in [-0.25, -0.2) is 9.78 Å². The summed E-state index contributed by atoms with van der Waals surface area (Å²) in [7, 11) is 0. The van der Waals surface area contributed by atoms with Gasteiger partial charge >= 0.3 is 5.97 Å². The predicted octanol–water partition coefficient (Wildman–Crippen LogP) is 1.53. The summed E-state index contributed by atoms with van der Waals surface area (Å²) in [6.45, 7) is 1.36. The zero-order valence-corrected chi connectivity index (χ0v) is 8.25. The van der Waals surface area contributed by atoms with E-state index in [0.29, 0.717) is 5.82 Å². The maximum Gasteiger partial charge on any atom is 0.329 e. The number of carbonyl (C=O) groups is 1. The summed E-state index contributed by atoms with van der Waals surface area (Å²) in [4.78, 5) is 19.9. The Morgan fingerprint density at radius 3 is 2.73 bits per heavy atom. The lowest BCUT2D eigenvalue weighted by Gasteiger charge is -2.05. The summed E-state index contributed by atoms with van der Waals surface area (Å²) < 4.78 is 1.36. The molecule has 0 unspecified atom stereocenters. The van der Waals surface area contributed by atoms with Gasteiger partial charge in [-0.1, -0.05) is 30.3 Å². The van der Waals surface area contributed by atoms with Crippen LogP contribution in [0.3, 0.4) is 0 Å². The molecule has 1 heterocycles. The molecule has 1 aromatic carbocycles. The van der Waals surface area contributed by atoms with E-state index in [0.717, 1.165) is 5.56 Å². The second kappa shape index (κ2) is 3.96. The van der Waals surface area contributed by atoms with Crippen molar-refractivity contribution in [3.8, 4) is 11.4 Å². The Hall–Kier alpha value is -2.10. The van der Waals surface area contributed by atoms with Gasteiger partial charge in [-0.2, -0.15) is 4.73 Å². The molecule has 4 nitrogen and oxygen atoms in total. The first-order valence-corrected chi connectivity index (χ1v) is 4.55. The lowest BCUT2D eigenvalue weighted by atomic mass is 10.2. The maximum absolute atomic E-state index is 10.8. The van der Waals surface area contributed by atoms with Gasteiger partial charge in [-0.3, -0.25) is 0 Å². The van der Waals surface area contributed by atoms with Crippen LogP contribution in [0.4, 0.5) is 0 Å². The third-order valence-corrected chi connectivity index (χ3v) is 1.87. The molecular weight excluding hydrogens is 192 g/mol. The molecule has 0 N–H and O–H groups in total. The quantitative estimate of drug-likeness (QED) is 0.741. The fraction of sp³-hybridized carbons (Fsp3) is 0.0909. The topological polar surface area (TPSA) is 44.1 Å². The van der Waals surface area contributed by atoms with Gasteiger partial charge in [-0.05, 0) is 0 Å². The van der Waals surface area contributed by atoms with Crippen molar-refractivity contribution in [2.24, 2.45) is 0 Å². The summed E-state index contributed by atoms with van der Waals surface area (Å²) in [6, 6.07) is 9.54. The molecule has 0 fully saturated rings. The molecule has 0 aliphatic heterocycles. The van der Waals surface area contributed by atoms with Crippen molar-refractivity contribution in [3.63, 3.8) is 0 Å². The lowest BCUT2D eigenvalue weighted by molar-refractivity contribution is -0.141.